The topological polar surface area (TPSA) is 34.2 Å². The van der Waals surface area contributed by atoms with Gasteiger partial charge in [0.05, 0.1) is 0 Å². The second kappa shape index (κ2) is 5.73. The molecular formula is C12H14F4N2O. The van der Waals surface area contributed by atoms with Crippen LogP contribution in [0.3, 0.4) is 0 Å². The van der Waals surface area contributed by atoms with Crippen LogP contribution in [0, 0.1) is 29.4 Å². The van der Waals surface area contributed by atoms with Crippen LogP contribution < -0.4 is 5.32 Å². The number of nitrogens with zero attached hydrogens (tertiary/aromatic N) is 1. The average Bonchev–Trinajstić information content (AvgIpc) is 2.42. The third-order valence-corrected chi connectivity index (χ3v) is 3.34. The number of ether oxygens (including phenoxy) is 1. The van der Waals surface area contributed by atoms with Gasteiger partial charge in [0.2, 0.25) is 11.6 Å². The average molecular weight is 278 g/mol. The summed E-state index contributed by atoms with van der Waals surface area (Å²) in [6.45, 7) is 2.85. The molecule has 0 bridgehead atoms. The number of halogens is 4. The maximum atomic E-state index is 13.4. The first-order valence-corrected chi connectivity index (χ1v) is 6.05. The Morgan fingerprint density at radius 1 is 1.11 bits per heavy atom. The van der Waals surface area contributed by atoms with Crippen molar-refractivity contribution in [1.82, 2.24) is 4.98 Å². The quantitative estimate of drug-likeness (QED) is 0.682. The van der Waals surface area contributed by atoms with Gasteiger partial charge in [0, 0.05) is 19.3 Å². The van der Waals surface area contributed by atoms with Crippen molar-refractivity contribution in [3.05, 3.63) is 23.5 Å². The molecule has 7 heteroatoms. The molecule has 0 aliphatic carbocycles. The lowest BCUT2D eigenvalue weighted by atomic mass is 9.93. The molecule has 1 aromatic rings. The standard InChI is InChI=1S/C12H14F4N2O/c1-6(7-2-4-19-5-3-7)17-10-8(13)11(15)18-12(16)9(10)14/h6-7H,2-5H2,1H3,(H,17,18). The van der Waals surface area contributed by atoms with E-state index < -0.39 is 29.2 Å². The molecule has 0 radical (unpaired) electrons. The summed E-state index contributed by atoms with van der Waals surface area (Å²) in [6, 6.07) is -0.325. The van der Waals surface area contributed by atoms with Crippen molar-refractivity contribution in [1.29, 1.82) is 0 Å². The first-order chi connectivity index (χ1) is 9.00. The number of anilines is 1. The molecule has 0 saturated carbocycles. The molecule has 1 aliphatic heterocycles. The van der Waals surface area contributed by atoms with E-state index in [4.69, 9.17) is 4.74 Å². The van der Waals surface area contributed by atoms with Crippen LogP contribution in [0.4, 0.5) is 23.2 Å². The Morgan fingerprint density at radius 3 is 2.16 bits per heavy atom. The minimum atomic E-state index is -1.65. The zero-order valence-electron chi connectivity index (χ0n) is 10.4. The predicted molar refractivity (Wildman–Crippen MR) is 60.7 cm³/mol. The maximum Gasteiger partial charge on any atom is 0.253 e. The predicted octanol–water partition coefficient (Wildman–Crippen LogP) is 2.87. The molecule has 106 valence electrons. The summed E-state index contributed by atoms with van der Waals surface area (Å²) in [7, 11) is 0. The Labute approximate surface area is 108 Å². The number of nitrogens with one attached hydrogen (secondary N) is 1. The van der Waals surface area contributed by atoms with Gasteiger partial charge in [0.25, 0.3) is 11.9 Å². The van der Waals surface area contributed by atoms with Crippen LogP contribution in [0.1, 0.15) is 19.8 Å². The van der Waals surface area contributed by atoms with Crippen molar-refractivity contribution in [2.24, 2.45) is 5.92 Å². The molecular weight excluding hydrogens is 264 g/mol. The fourth-order valence-corrected chi connectivity index (χ4v) is 2.18. The van der Waals surface area contributed by atoms with Gasteiger partial charge >= 0.3 is 0 Å². The highest BCUT2D eigenvalue weighted by Crippen LogP contribution is 2.26. The first-order valence-electron chi connectivity index (χ1n) is 6.05. The van der Waals surface area contributed by atoms with E-state index in [2.05, 4.69) is 10.3 Å². The van der Waals surface area contributed by atoms with Gasteiger partial charge in [-0.15, -0.1) is 0 Å². The third-order valence-electron chi connectivity index (χ3n) is 3.34. The Bertz CT molecular complexity index is 437. The third kappa shape index (κ3) is 2.97. The van der Waals surface area contributed by atoms with Gasteiger partial charge in [-0.25, -0.2) is 0 Å². The molecule has 1 atom stereocenters. The van der Waals surface area contributed by atoms with Gasteiger partial charge in [-0.1, -0.05) is 0 Å². The van der Waals surface area contributed by atoms with E-state index in [9.17, 15) is 17.6 Å². The Kier molecular flexibility index (Phi) is 4.24. The zero-order valence-corrected chi connectivity index (χ0v) is 10.4. The molecule has 1 unspecified atom stereocenters. The molecule has 19 heavy (non-hydrogen) atoms. The van der Waals surface area contributed by atoms with Gasteiger partial charge in [-0.3, -0.25) is 0 Å². The van der Waals surface area contributed by atoms with Crippen molar-refractivity contribution >= 4 is 5.69 Å². The second-order valence-electron chi connectivity index (χ2n) is 4.58. The van der Waals surface area contributed by atoms with E-state index in [1.165, 1.54) is 0 Å². The van der Waals surface area contributed by atoms with E-state index in [0.717, 1.165) is 12.8 Å². The van der Waals surface area contributed by atoms with Crippen molar-refractivity contribution in [2.75, 3.05) is 18.5 Å². The SMILES string of the molecule is CC(Nc1c(F)c(F)nc(F)c1F)C1CCOCC1. The van der Waals surface area contributed by atoms with E-state index in [1.54, 1.807) is 6.92 Å². The minimum Gasteiger partial charge on any atom is -0.381 e. The summed E-state index contributed by atoms with van der Waals surface area (Å²) in [5, 5.41) is 2.50. The molecule has 2 rings (SSSR count). The number of rotatable bonds is 3. The van der Waals surface area contributed by atoms with Crippen LogP contribution in [0.15, 0.2) is 0 Å². The lowest BCUT2D eigenvalue weighted by Crippen LogP contribution is -2.32. The van der Waals surface area contributed by atoms with Crippen molar-refractivity contribution in [3.8, 4) is 0 Å². The van der Waals surface area contributed by atoms with Crippen LogP contribution in [0.25, 0.3) is 0 Å². The van der Waals surface area contributed by atoms with Crippen molar-refractivity contribution in [2.45, 2.75) is 25.8 Å². The van der Waals surface area contributed by atoms with Crippen molar-refractivity contribution in [3.63, 3.8) is 0 Å². The van der Waals surface area contributed by atoms with Gasteiger partial charge in [-0.05, 0) is 25.7 Å². The summed E-state index contributed by atoms with van der Waals surface area (Å²) >= 11 is 0. The van der Waals surface area contributed by atoms with Gasteiger partial charge in [0.1, 0.15) is 5.69 Å². The Balaban J connectivity index is 2.18. The van der Waals surface area contributed by atoms with Gasteiger partial charge in [-0.2, -0.15) is 22.5 Å². The molecule has 1 fully saturated rings. The normalized spacial score (nSPS) is 18.4. The highest BCUT2D eigenvalue weighted by molar-refractivity contribution is 5.46. The molecule has 1 N–H and O–H groups in total. The molecule has 0 spiro atoms. The largest absolute Gasteiger partial charge is 0.381 e. The summed E-state index contributed by atoms with van der Waals surface area (Å²) in [5.74, 6) is -6.18. The summed E-state index contributed by atoms with van der Waals surface area (Å²) < 4.78 is 58.0. The number of hydrogen-bond acceptors (Lipinski definition) is 3. The summed E-state index contributed by atoms with van der Waals surface area (Å²) in [5.41, 5.74) is -0.802. The highest BCUT2D eigenvalue weighted by atomic mass is 19.2. The number of pyridine rings is 1. The maximum absolute atomic E-state index is 13.4. The number of hydrogen-bond donors (Lipinski definition) is 1. The zero-order chi connectivity index (χ0) is 14.0. The highest BCUT2D eigenvalue weighted by Gasteiger charge is 2.26. The Hall–Kier alpha value is -1.37. The molecule has 2 heterocycles. The van der Waals surface area contributed by atoms with Gasteiger partial charge in [0.15, 0.2) is 0 Å². The van der Waals surface area contributed by atoms with E-state index in [0.29, 0.717) is 13.2 Å². The monoisotopic (exact) mass is 278 g/mol. The fraction of sp³-hybridized carbons (Fsp3) is 0.583. The number of aromatic nitrogens is 1. The smallest absolute Gasteiger partial charge is 0.253 e. The molecule has 1 aliphatic rings. The van der Waals surface area contributed by atoms with Crippen LogP contribution in [0.2, 0.25) is 0 Å². The summed E-state index contributed by atoms with van der Waals surface area (Å²) in [6.07, 6.45) is 1.46. The van der Waals surface area contributed by atoms with Crippen molar-refractivity contribution < 1.29 is 22.3 Å². The molecule has 3 nitrogen and oxygen atoms in total. The molecule has 1 aromatic heterocycles. The van der Waals surface area contributed by atoms with Crippen LogP contribution in [-0.4, -0.2) is 24.2 Å². The first kappa shape index (κ1) is 14.0. The van der Waals surface area contributed by atoms with E-state index in [1.807, 2.05) is 0 Å². The lowest BCUT2D eigenvalue weighted by Gasteiger charge is -2.29. The molecule has 1 saturated heterocycles. The second-order valence-corrected chi connectivity index (χ2v) is 4.58. The van der Waals surface area contributed by atoms with Crippen LogP contribution >= 0.6 is 0 Å². The Morgan fingerprint density at radius 2 is 1.63 bits per heavy atom. The van der Waals surface area contributed by atoms with E-state index >= 15 is 0 Å². The summed E-state index contributed by atoms with van der Waals surface area (Å²) in [4.78, 5) is 2.51. The van der Waals surface area contributed by atoms with E-state index in [-0.39, 0.29) is 12.0 Å². The lowest BCUT2D eigenvalue weighted by molar-refractivity contribution is 0.0621. The molecule has 0 amide bonds. The minimum absolute atomic E-state index is 0.131. The van der Waals surface area contributed by atoms with Crippen LogP contribution in [-0.2, 0) is 4.74 Å². The van der Waals surface area contributed by atoms with Crippen LogP contribution in [0.5, 0.6) is 0 Å². The van der Waals surface area contributed by atoms with Gasteiger partial charge < -0.3 is 10.1 Å². The fourth-order valence-electron chi connectivity index (χ4n) is 2.18. The molecule has 0 aromatic carbocycles.